The summed E-state index contributed by atoms with van der Waals surface area (Å²) in [6, 6.07) is 5.49. The maximum atomic E-state index is 12.4. The fraction of sp³-hybridized carbons (Fsp3) is 0.462. The highest BCUT2D eigenvalue weighted by molar-refractivity contribution is 7.89. The van der Waals surface area contributed by atoms with Crippen LogP contribution in [-0.4, -0.2) is 29.0 Å². The van der Waals surface area contributed by atoms with Gasteiger partial charge in [0.25, 0.3) is 0 Å². The van der Waals surface area contributed by atoms with Gasteiger partial charge in [-0.25, -0.2) is 13.1 Å². The van der Waals surface area contributed by atoms with Crippen molar-refractivity contribution in [1.29, 1.82) is 0 Å². The number of aryl methyl sites for hydroxylation is 1. The zero-order valence-electron chi connectivity index (χ0n) is 12.5. The number of hydrogen-bond acceptors (Lipinski definition) is 5. The second kappa shape index (κ2) is 5.53. The van der Waals surface area contributed by atoms with Crippen molar-refractivity contribution in [2.45, 2.75) is 44.6 Å². The van der Waals surface area contributed by atoms with Gasteiger partial charge in [0, 0.05) is 0 Å². The van der Waals surface area contributed by atoms with Crippen molar-refractivity contribution < 1.29 is 8.42 Å². The third-order valence-corrected chi connectivity index (χ3v) is 4.70. The molecule has 2 aromatic rings. The number of tetrazole rings is 1. The molecule has 0 amide bonds. The Kier molecular flexibility index (Phi) is 4.11. The Hall–Kier alpha value is -1.80. The van der Waals surface area contributed by atoms with Crippen LogP contribution in [0.3, 0.4) is 0 Å². The minimum Gasteiger partial charge on any atom is -0.207 e. The van der Waals surface area contributed by atoms with E-state index in [-0.39, 0.29) is 16.9 Å². The molecule has 0 aliphatic carbocycles. The molecule has 114 valence electrons. The monoisotopic (exact) mass is 309 g/mol. The molecule has 0 atom stereocenters. The Morgan fingerprint density at radius 2 is 2.00 bits per heavy atom. The van der Waals surface area contributed by atoms with E-state index in [9.17, 15) is 8.42 Å². The van der Waals surface area contributed by atoms with E-state index in [1.165, 1.54) is 0 Å². The summed E-state index contributed by atoms with van der Waals surface area (Å²) in [5.41, 5.74) is 1.54. The molecule has 0 aliphatic rings. The second-order valence-corrected chi connectivity index (χ2v) is 7.62. The number of benzene rings is 1. The van der Waals surface area contributed by atoms with E-state index in [2.05, 4.69) is 25.3 Å². The van der Waals surface area contributed by atoms with E-state index in [0.717, 1.165) is 5.56 Å². The Labute approximate surface area is 124 Å². The molecule has 7 nitrogen and oxygen atoms in total. The molecule has 0 saturated carbocycles. The standard InChI is InChI=1S/C13H19N5O2S/c1-9-5-6-10(13(2,3)4)7-11(9)21(19,20)14-8-12-15-17-18-16-12/h5-7,14H,8H2,1-4H3,(H,15,16,17,18). The molecular formula is C13H19N5O2S. The number of aromatic nitrogens is 4. The van der Waals surface area contributed by atoms with Crippen molar-refractivity contribution in [2.24, 2.45) is 0 Å². The number of nitrogens with zero attached hydrogens (tertiary/aromatic N) is 3. The fourth-order valence-corrected chi connectivity index (χ4v) is 3.10. The van der Waals surface area contributed by atoms with Crippen LogP contribution >= 0.6 is 0 Å². The zero-order chi connectivity index (χ0) is 15.7. The van der Waals surface area contributed by atoms with E-state index in [1.54, 1.807) is 13.0 Å². The van der Waals surface area contributed by atoms with Crippen LogP contribution in [0.4, 0.5) is 0 Å². The normalized spacial score (nSPS) is 12.6. The van der Waals surface area contributed by atoms with Crippen molar-refractivity contribution in [2.75, 3.05) is 0 Å². The van der Waals surface area contributed by atoms with E-state index in [0.29, 0.717) is 11.4 Å². The zero-order valence-corrected chi connectivity index (χ0v) is 13.3. The van der Waals surface area contributed by atoms with Crippen LogP contribution in [0, 0.1) is 6.92 Å². The molecule has 2 N–H and O–H groups in total. The van der Waals surface area contributed by atoms with Gasteiger partial charge in [-0.3, -0.25) is 0 Å². The number of nitrogens with one attached hydrogen (secondary N) is 2. The van der Waals surface area contributed by atoms with Gasteiger partial charge in [0.05, 0.1) is 11.4 Å². The van der Waals surface area contributed by atoms with E-state index >= 15 is 0 Å². The minimum atomic E-state index is -3.62. The first-order chi connectivity index (χ1) is 9.70. The lowest BCUT2D eigenvalue weighted by atomic mass is 9.87. The van der Waals surface area contributed by atoms with Crippen LogP contribution < -0.4 is 4.72 Å². The van der Waals surface area contributed by atoms with Crippen LogP contribution in [0.15, 0.2) is 23.1 Å². The minimum absolute atomic E-state index is 0.00197. The van der Waals surface area contributed by atoms with Gasteiger partial charge in [-0.2, -0.15) is 5.21 Å². The Balaban J connectivity index is 2.31. The van der Waals surface area contributed by atoms with Gasteiger partial charge in [0.2, 0.25) is 10.0 Å². The van der Waals surface area contributed by atoms with Crippen LogP contribution in [0.2, 0.25) is 0 Å². The molecular weight excluding hydrogens is 290 g/mol. The summed E-state index contributed by atoms with van der Waals surface area (Å²) < 4.78 is 27.3. The van der Waals surface area contributed by atoms with Gasteiger partial charge >= 0.3 is 0 Å². The second-order valence-electron chi connectivity index (χ2n) is 5.88. The van der Waals surface area contributed by atoms with Crippen molar-refractivity contribution >= 4 is 10.0 Å². The molecule has 8 heteroatoms. The summed E-state index contributed by atoms with van der Waals surface area (Å²) >= 11 is 0. The number of hydrogen-bond donors (Lipinski definition) is 2. The fourth-order valence-electron chi connectivity index (χ4n) is 1.85. The highest BCUT2D eigenvalue weighted by Gasteiger charge is 2.21. The Morgan fingerprint density at radius 3 is 2.57 bits per heavy atom. The molecule has 1 aromatic carbocycles. The maximum Gasteiger partial charge on any atom is 0.241 e. The van der Waals surface area contributed by atoms with Gasteiger partial charge in [-0.05, 0) is 29.5 Å². The first-order valence-corrected chi connectivity index (χ1v) is 8.01. The SMILES string of the molecule is Cc1ccc(C(C)(C)C)cc1S(=O)(=O)NCc1nn[nH]n1. The van der Waals surface area contributed by atoms with Crippen LogP contribution in [0.1, 0.15) is 37.7 Å². The van der Waals surface area contributed by atoms with E-state index < -0.39 is 10.0 Å². The molecule has 1 heterocycles. The first kappa shape index (κ1) is 15.6. The number of H-pyrrole nitrogens is 1. The predicted molar refractivity (Wildman–Crippen MR) is 78.1 cm³/mol. The van der Waals surface area contributed by atoms with Gasteiger partial charge in [-0.1, -0.05) is 38.1 Å². The van der Waals surface area contributed by atoms with Crippen LogP contribution in [0.25, 0.3) is 0 Å². The van der Waals surface area contributed by atoms with Gasteiger partial charge in [0.1, 0.15) is 0 Å². The molecule has 0 spiro atoms. The van der Waals surface area contributed by atoms with Gasteiger partial charge < -0.3 is 0 Å². The molecule has 1 aromatic heterocycles. The van der Waals surface area contributed by atoms with Crippen molar-refractivity contribution in [3.05, 3.63) is 35.2 Å². The number of rotatable bonds is 4. The Morgan fingerprint density at radius 1 is 1.29 bits per heavy atom. The quantitative estimate of drug-likeness (QED) is 0.886. The maximum absolute atomic E-state index is 12.4. The van der Waals surface area contributed by atoms with E-state index in [4.69, 9.17) is 0 Å². The molecule has 0 aliphatic heterocycles. The third-order valence-electron chi connectivity index (χ3n) is 3.15. The molecule has 0 radical (unpaired) electrons. The number of aromatic amines is 1. The lowest BCUT2D eigenvalue weighted by Gasteiger charge is -2.20. The van der Waals surface area contributed by atoms with Crippen LogP contribution in [-0.2, 0) is 22.0 Å². The predicted octanol–water partition coefficient (Wildman–Crippen LogP) is 1.28. The molecule has 0 bridgehead atoms. The molecule has 0 saturated heterocycles. The summed E-state index contributed by atoms with van der Waals surface area (Å²) in [5.74, 6) is 0.295. The third kappa shape index (κ3) is 3.64. The summed E-state index contributed by atoms with van der Waals surface area (Å²) in [6.45, 7) is 7.90. The molecule has 2 rings (SSSR count). The average molecular weight is 309 g/mol. The smallest absolute Gasteiger partial charge is 0.207 e. The molecule has 0 unspecified atom stereocenters. The largest absolute Gasteiger partial charge is 0.241 e. The average Bonchev–Trinajstić information content (AvgIpc) is 2.88. The summed E-state index contributed by atoms with van der Waals surface area (Å²) in [6.07, 6.45) is 0. The van der Waals surface area contributed by atoms with Crippen molar-refractivity contribution in [1.82, 2.24) is 25.3 Å². The highest BCUT2D eigenvalue weighted by Crippen LogP contribution is 2.26. The number of sulfonamides is 1. The lowest BCUT2D eigenvalue weighted by molar-refractivity contribution is 0.573. The molecule has 21 heavy (non-hydrogen) atoms. The topological polar surface area (TPSA) is 101 Å². The summed E-state index contributed by atoms with van der Waals surface area (Å²) in [7, 11) is -3.62. The lowest BCUT2D eigenvalue weighted by Crippen LogP contribution is -2.25. The van der Waals surface area contributed by atoms with Crippen molar-refractivity contribution in [3.8, 4) is 0 Å². The first-order valence-electron chi connectivity index (χ1n) is 6.53. The van der Waals surface area contributed by atoms with Gasteiger partial charge in [-0.15, -0.1) is 10.2 Å². The Bertz CT molecular complexity index is 718. The van der Waals surface area contributed by atoms with Gasteiger partial charge in [0.15, 0.2) is 5.82 Å². The van der Waals surface area contributed by atoms with Crippen LogP contribution in [0.5, 0.6) is 0 Å². The molecule has 0 fully saturated rings. The van der Waals surface area contributed by atoms with Crippen molar-refractivity contribution in [3.63, 3.8) is 0 Å². The summed E-state index contributed by atoms with van der Waals surface area (Å²) in [4.78, 5) is 0.276. The highest BCUT2D eigenvalue weighted by atomic mass is 32.2. The summed E-state index contributed by atoms with van der Waals surface area (Å²) in [5, 5.41) is 13.1. The van der Waals surface area contributed by atoms with E-state index in [1.807, 2.05) is 32.9 Å².